The van der Waals surface area contributed by atoms with E-state index in [1.54, 1.807) is 11.3 Å². The molecule has 0 radical (unpaired) electrons. The standard InChI is InChI=1S/C13H23N3OS/c1-9-10(2)18-12(15-9)8-14-7-6-11(17)16-13(3,4)5/h14H,6-8H2,1-5H3,(H,16,17). The first kappa shape index (κ1) is 15.1. The molecule has 0 spiro atoms. The van der Waals surface area contributed by atoms with Gasteiger partial charge in [-0.05, 0) is 34.6 Å². The number of aryl methyl sites for hydroxylation is 2. The fourth-order valence-electron chi connectivity index (χ4n) is 1.49. The second kappa shape index (κ2) is 6.29. The monoisotopic (exact) mass is 269 g/mol. The largest absolute Gasteiger partial charge is 0.351 e. The van der Waals surface area contributed by atoms with Crippen molar-refractivity contribution < 1.29 is 4.79 Å². The van der Waals surface area contributed by atoms with E-state index in [4.69, 9.17) is 0 Å². The van der Waals surface area contributed by atoms with Gasteiger partial charge in [-0.1, -0.05) is 0 Å². The van der Waals surface area contributed by atoms with E-state index in [0.717, 1.165) is 17.2 Å². The first-order chi connectivity index (χ1) is 8.28. The van der Waals surface area contributed by atoms with Gasteiger partial charge in [-0.15, -0.1) is 11.3 Å². The van der Waals surface area contributed by atoms with E-state index < -0.39 is 0 Å². The topological polar surface area (TPSA) is 54.0 Å². The van der Waals surface area contributed by atoms with Crippen LogP contribution in [0.15, 0.2) is 0 Å². The van der Waals surface area contributed by atoms with Crippen molar-refractivity contribution >= 4 is 17.2 Å². The van der Waals surface area contributed by atoms with Crippen LogP contribution >= 0.6 is 11.3 Å². The lowest BCUT2D eigenvalue weighted by Gasteiger charge is -2.20. The minimum Gasteiger partial charge on any atom is -0.351 e. The van der Waals surface area contributed by atoms with Crippen molar-refractivity contribution in [1.29, 1.82) is 0 Å². The molecule has 1 aromatic heterocycles. The Bertz CT molecular complexity index is 387. The van der Waals surface area contributed by atoms with Crippen LogP contribution < -0.4 is 10.6 Å². The van der Waals surface area contributed by atoms with Crippen LogP contribution in [-0.4, -0.2) is 23.0 Å². The average molecular weight is 269 g/mol. The first-order valence-corrected chi connectivity index (χ1v) is 7.04. The highest BCUT2D eigenvalue weighted by Gasteiger charge is 2.12. The Kier molecular flexibility index (Phi) is 5.28. The molecule has 0 unspecified atom stereocenters. The Morgan fingerprint density at radius 3 is 2.50 bits per heavy atom. The summed E-state index contributed by atoms with van der Waals surface area (Å²) < 4.78 is 0. The minimum absolute atomic E-state index is 0.0847. The number of hydrogen-bond donors (Lipinski definition) is 2. The Labute approximate surface area is 113 Å². The highest BCUT2D eigenvalue weighted by Crippen LogP contribution is 2.15. The molecule has 0 aliphatic rings. The third-order valence-electron chi connectivity index (χ3n) is 2.39. The van der Waals surface area contributed by atoms with Crippen LogP contribution in [0, 0.1) is 13.8 Å². The van der Waals surface area contributed by atoms with Crippen molar-refractivity contribution in [2.24, 2.45) is 0 Å². The molecule has 18 heavy (non-hydrogen) atoms. The molecule has 0 saturated heterocycles. The Balaban J connectivity index is 2.21. The number of carbonyl (C=O) groups excluding carboxylic acids is 1. The highest BCUT2D eigenvalue weighted by atomic mass is 32.1. The Hall–Kier alpha value is -0.940. The maximum absolute atomic E-state index is 11.6. The summed E-state index contributed by atoms with van der Waals surface area (Å²) >= 11 is 1.71. The summed E-state index contributed by atoms with van der Waals surface area (Å²) in [6, 6.07) is 0. The molecule has 1 rings (SSSR count). The third kappa shape index (κ3) is 5.60. The molecule has 0 bridgehead atoms. The van der Waals surface area contributed by atoms with Crippen molar-refractivity contribution in [3.05, 3.63) is 15.6 Å². The number of thiazole rings is 1. The number of amides is 1. The molecule has 2 N–H and O–H groups in total. The molecule has 4 nitrogen and oxygen atoms in total. The van der Waals surface area contributed by atoms with Gasteiger partial charge in [0.2, 0.25) is 5.91 Å². The molecule has 1 heterocycles. The second-order valence-corrected chi connectivity index (χ2v) is 6.76. The van der Waals surface area contributed by atoms with Gasteiger partial charge in [-0.25, -0.2) is 4.98 Å². The van der Waals surface area contributed by atoms with E-state index in [1.165, 1.54) is 4.88 Å². The van der Waals surface area contributed by atoms with E-state index in [2.05, 4.69) is 22.5 Å². The summed E-state index contributed by atoms with van der Waals surface area (Å²) in [6.45, 7) is 11.5. The summed E-state index contributed by atoms with van der Waals surface area (Å²) in [5.74, 6) is 0.0847. The quantitative estimate of drug-likeness (QED) is 0.805. The fraction of sp³-hybridized carbons (Fsp3) is 0.692. The number of rotatable bonds is 5. The lowest BCUT2D eigenvalue weighted by atomic mass is 10.1. The number of nitrogens with one attached hydrogen (secondary N) is 2. The van der Waals surface area contributed by atoms with Gasteiger partial charge in [0.15, 0.2) is 0 Å². The zero-order valence-corrected chi connectivity index (χ0v) is 12.7. The van der Waals surface area contributed by atoms with Crippen LogP contribution in [0.4, 0.5) is 0 Å². The van der Waals surface area contributed by atoms with Crippen LogP contribution in [0.3, 0.4) is 0 Å². The Morgan fingerprint density at radius 2 is 2.00 bits per heavy atom. The van der Waals surface area contributed by atoms with Crippen LogP contribution in [0.2, 0.25) is 0 Å². The zero-order chi connectivity index (χ0) is 13.8. The normalized spacial score (nSPS) is 11.6. The number of carbonyl (C=O) groups is 1. The van der Waals surface area contributed by atoms with E-state index in [0.29, 0.717) is 13.0 Å². The van der Waals surface area contributed by atoms with Crippen molar-refractivity contribution in [3.63, 3.8) is 0 Å². The predicted octanol–water partition coefficient (Wildman–Crippen LogP) is 2.15. The fourth-order valence-corrected chi connectivity index (χ4v) is 2.40. The summed E-state index contributed by atoms with van der Waals surface area (Å²) in [5.41, 5.74) is 0.947. The smallest absolute Gasteiger partial charge is 0.221 e. The summed E-state index contributed by atoms with van der Waals surface area (Å²) in [5, 5.41) is 7.27. The van der Waals surface area contributed by atoms with Crippen molar-refractivity contribution in [1.82, 2.24) is 15.6 Å². The second-order valence-electron chi connectivity index (χ2n) is 5.47. The number of aromatic nitrogens is 1. The average Bonchev–Trinajstić information content (AvgIpc) is 2.51. The molecule has 102 valence electrons. The van der Waals surface area contributed by atoms with Crippen LogP contribution in [0.1, 0.15) is 42.8 Å². The van der Waals surface area contributed by atoms with Gasteiger partial charge >= 0.3 is 0 Å². The van der Waals surface area contributed by atoms with Gasteiger partial charge in [-0.3, -0.25) is 4.79 Å². The van der Waals surface area contributed by atoms with E-state index in [9.17, 15) is 4.79 Å². The maximum Gasteiger partial charge on any atom is 0.221 e. The van der Waals surface area contributed by atoms with Gasteiger partial charge in [0.05, 0.1) is 5.69 Å². The molecule has 1 aromatic rings. The predicted molar refractivity (Wildman–Crippen MR) is 75.8 cm³/mol. The molecular formula is C13H23N3OS. The molecule has 1 amide bonds. The van der Waals surface area contributed by atoms with Crippen molar-refractivity contribution in [2.75, 3.05) is 6.54 Å². The number of nitrogens with zero attached hydrogens (tertiary/aromatic N) is 1. The lowest BCUT2D eigenvalue weighted by Crippen LogP contribution is -2.41. The summed E-state index contributed by atoms with van der Waals surface area (Å²) in [4.78, 5) is 17.3. The SMILES string of the molecule is Cc1nc(CNCCC(=O)NC(C)(C)C)sc1C. The van der Waals surface area contributed by atoms with Crippen LogP contribution in [0.25, 0.3) is 0 Å². The lowest BCUT2D eigenvalue weighted by molar-refractivity contribution is -0.122. The molecule has 0 fully saturated rings. The summed E-state index contributed by atoms with van der Waals surface area (Å²) in [7, 11) is 0. The first-order valence-electron chi connectivity index (χ1n) is 6.22. The number of hydrogen-bond acceptors (Lipinski definition) is 4. The minimum atomic E-state index is -0.152. The van der Waals surface area contributed by atoms with E-state index >= 15 is 0 Å². The van der Waals surface area contributed by atoms with Crippen LogP contribution in [-0.2, 0) is 11.3 Å². The maximum atomic E-state index is 11.6. The van der Waals surface area contributed by atoms with Gasteiger partial charge in [-0.2, -0.15) is 0 Å². The molecule has 0 saturated carbocycles. The van der Waals surface area contributed by atoms with Gasteiger partial charge in [0.1, 0.15) is 5.01 Å². The molecular weight excluding hydrogens is 246 g/mol. The molecule has 0 atom stereocenters. The summed E-state index contributed by atoms with van der Waals surface area (Å²) in [6.07, 6.45) is 0.501. The van der Waals surface area contributed by atoms with Gasteiger partial charge in [0.25, 0.3) is 0 Å². The molecule has 0 aliphatic carbocycles. The molecule has 0 aromatic carbocycles. The zero-order valence-electron chi connectivity index (χ0n) is 11.9. The van der Waals surface area contributed by atoms with E-state index in [1.807, 2.05) is 27.7 Å². The third-order valence-corrected chi connectivity index (χ3v) is 3.47. The Morgan fingerprint density at radius 1 is 1.33 bits per heavy atom. The van der Waals surface area contributed by atoms with Gasteiger partial charge < -0.3 is 10.6 Å². The molecule has 0 aliphatic heterocycles. The van der Waals surface area contributed by atoms with Crippen molar-refractivity contribution in [3.8, 4) is 0 Å². The van der Waals surface area contributed by atoms with E-state index in [-0.39, 0.29) is 11.4 Å². The van der Waals surface area contributed by atoms with Gasteiger partial charge in [0, 0.05) is 29.9 Å². The van der Waals surface area contributed by atoms with Crippen molar-refractivity contribution in [2.45, 2.75) is 53.1 Å². The van der Waals surface area contributed by atoms with Crippen LogP contribution in [0.5, 0.6) is 0 Å². The highest BCUT2D eigenvalue weighted by molar-refractivity contribution is 7.11. The molecule has 5 heteroatoms.